The molecule has 2 amide bonds. The van der Waals surface area contributed by atoms with Gasteiger partial charge < -0.3 is 19.5 Å². The van der Waals surface area contributed by atoms with Crippen LogP contribution >= 0.6 is 0 Å². The standard InChI is InChI=1S/C19H23N3O5/c1-20-18(25)19(10-13-4-3-5-14(8-13)26-2)11-22(12-19)17(24)7-6-15-9-16(23)21-27-15/h3-5,8-9H,6-7,10-12H2,1-2H3,(H,20,25)(H,21,23). The zero-order valence-corrected chi connectivity index (χ0v) is 15.4. The van der Waals surface area contributed by atoms with Crippen molar-refractivity contribution < 1.29 is 18.8 Å². The van der Waals surface area contributed by atoms with Crippen LogP contribution in [0.1, 0.15) is 17.7 Å². The molecule has 8 nitrogen and oxygen atoms in total. The first-order valence-electron chi connectivity index (χ1n) is 8.76. The molecule has 2 N–H and O–H groups in total. The maximum Gasteiger partial charge on any atom is 0.280 e. The number of aromatic nitrogens is 1. The van der Waals surface area contributed by atoms with Crippen molar-refractivity contribution in [3.8, 4) is 5.75 Å². The molecule has 1 fully saturated rings. The highest BCUT2D eigenvalue weighted by atomic mass is 16.5. The average Bonchev–Trinajstić information content (AvgIpc) is 3.07. The lowest BCUT2D eigenvalue weighted by molar-refractivity contribution is -0.153. The molecule has 2 heterocycles. The molecule has 0 aliphatic carbocycles. The van der Waals surface area contributed by atoms with E-state index in [-0.39, 0.29) is 23.8 Å². The van der Waals surface area contributed by atoms with Gasteiger partial charge in [0.2, 0.25) is 11.8 Å². The predicted molar refractivity (Wildman–Crippen MR) is 97.4 cm³/mol. The molecule has 0 radical (unpaired) electrons. The Morgan fingerprint density at radius 2 is 2.11 bits per heavy atom. The highest BCUT2D eigenvalue weighted by Gasteiger charge is 2.50. The fourth-order valence-corrected chi connectivity index (χ4v) is 3.47. The van der Waals surface area contributed by atoms with Gasteiger partial charge in [-0.25, -0.2) is 0 Å². The predicted octanol–water partition coefficient (Wildman–Crippen LogP) is 0.726. The topological polar surface area (TPSA) is 105 Å². The summed E-state index contributed by atoms with van der Waals surface area (Å²) in [6, 6.07) is 8.93. The van der Waals surface area contributed by atoms with Crippen molar-refractivity contribution in [1.29, 1.82) is 0 Å². The SMILES string of the molecule is CNC(=O)C1(Cc2cccc(OC)c2)CN(C(=O)CCc2cc(=O)[nH]o2)C1. The first kappa shape index (κ1) is 18.8. The molecule has 3 rings (SSSR count). The normalized spacial score (nSPS) is 15.1. The summed E-state index contributed by atoms with van der Waals surface area (Å²) in [6.07, 6.45) is 1.10. The second kappa shape index (κ2) is 7.69. The summed E-state index contributed by atoms with van der Waals surface area (Å²) in [7, 11) is 3.21. The van der Waals surface area contributed by atoms with E-state index in [0.29, 0.717) is 31.7 Å². The molecule has 2 aromatic rings. The average molecular weight is 373 g/mol. The number of hydrogen-bond donors (Lipinski definition) is 2. The number of benzene rings is 1. The monoisotopic (exact) mass is 373 g/mol. The molecule has 144 valence electrons. The van der Waals surface area contributed by atoms with E-state index in [1.54, 1.807) is 19.1 Å². The number of methoxy groups -OCH3 is 1. The number of rotatable bonds is 7. The third-order valence-corrected chi connectivity index (χ3v) is 4.89. The van der Waals surface area contributed by atoms with Crippen molar-refractivity contribution in [1.82, 2.24) is 15.4 Å². The van der Waals surface area contributed by atoms with Crippen LogP contribution in [0.2, 0.25) is 0 Å². The quantitative estimate of drug-likeness (QED) is 0.744. The molecule has 1 aromatic heterocycles. The minimum absolute atomic E-state index is 0.0657. The summed E-state index contributed by atoms with van der Waals surface area (Å²) in [5.41, 5.74) is 0.0229. The largest absolute Gasteiger partial charge is 0.497 e. The number of amides is 2. The highest BCUT2D eigenvalue weighted by molar-refractivity contribution is 5.88. The molecule has 1 aliphatic rings. The molecule has 1 aliphatic heterocycles. The number of aryl methyl sites for hydroxylation is 1. The van der Waals surface area contributed by atoms with Crippen molar-refractivity contribution in [2.75, 3.05) is 27.2 Å². The van der Waals surface area contributed by atoms with Gasteiger partial charge in [-0.05, 0) is 24.1 Å². The van der Waals surface area contributed by atoms with Gasteiger partial charge in [-0.1, -0.05) is 12.1 Å². The molecule has 0 saturated carbocycles. The zero-order chi connectivity index (χ0) is 19.4. The fraction of sp³-hybridized carbons (Fsp3) is 0.421. The Morgan fingerprint density at radius 3 is 2.74 bits per heavy atom. The van der Waals surface area contributed by atoms with Crippen LogP contribution in [0.3, 0.4) is 0 Å². The van der Waals surface area contributed by atoms with Crippen LogP contribution in [0.15, 0.2) is 39.6 Å². The lowest BCUT2D eigenvalue weighted by Gasteiger charge is -2.49. The smallest absolute Gasteiger partial charge is 0.280 e. The van der Waals surface area contributed by atoms with E-state index >= 15 is 0 Å². The number of carbonyl (C=O) groups excluding carboxylic acids is 2. The molecule has 1 saturated heterocycles. The van der Waals surface area contributed by atoms with Crippen LogP contribution in [0.25, 0.3) is 0 Å². The zero-order valence-electron chi connectivity index (χ0n) is 15.4. The molecule has 0 bridgehead atoms. The van der Waals surface area contributed by atoms with E-state index in [0.717, 1.165) is 11.3 Å². The Labute approximate surface area is 156 Å². The molecule has 8 heteroatoms. The second-order valence-corrected chi connectivity index (χ2v) is 6.82. The maximum atomic E-state index is 12.5. The number of ether oxygens (including phenoxy) is 1. The van der Waals surface area contributed by atoms with Crippen molar-refractivity contribution in [3.63, 3.8) is 0 Å². The van der Waals surface area contributed by atoms with Crippen molar-refractivity contribution >= 4 is 11.8 Å². The lowest BCUT2D eigenvalue weighted by Crippen LogP contribution is -2.65. The molecule has 0 spiro atoms. The Morgan fingerprint density at radius 1 is 1.33 bits per heavy atom. The molecular formula is C19H23N3O5. The number of nitrogens with one attached hydrogen (secondary N) is 2. The molecule has 0 unspecified atom stereocenters. The van der Waals surface area contributed by atoms with Gasteiger partial charge >= 0.3 is 0 Å². The van der Waals surface area contributed by atoms with Crippen LogP contribution in [0, 0.1) is 5.41 Å². The van der Waals surface area contributed by atoms with Crippen LogP contribution in [0.4, 0.5) is 0 Å². The molecule has 0 atom stereocenters. The number of H-pyrrole nitrogens is 1. The Balaban J connectivity index is 1.63. The number of nitrogens with zero attached hydrogens (tertiary/aromatic N) is 1. The number of hydrogen-bond acceptors (Lipinski definition) is 5. The van der Waals surface area contributed by atoms with Crippen molar-refractivity contribution in [3.05, 3.63) is 52.0 Å². The molecule has 1 aromatic carbocycles. The summed E-state index contributed by atoms with van der Waals surface area (Å²) >= 11 is 0. The van der Waals surface area contributed by atoms with Gasteiger partial charge in [0.25, 0.3) is 5.56 Å². The Bertz CT molecular complexity index is 879. The van der Waals surface area contributed by atoms with Crippen LogP contribution in [0.5, 0.6) is 5.75 Å². The number of likely N-dealkylation sites (tertiary alicyclic amines) is 1. The summed E-state index contributed by atoms with van der Waals surface area (Å²) < 4.78 is 10.2. The summed E-state index contributed by atoms with van der Waals surface area (Å²) in [4.78, 5) is 37.6. The van der Waals surface area contributed by atoms with Crippen molar-refractivity contribution in [2.45, 2.75) is 19.3 Å². The first-order valence-corrected chi connectivity index (χ1v) is 8.76. The first-order chi connectivity index (χ1) is 13.0. The third-order valence-electron chi connectivity index (χ3n) is 4.89. The number of aromatic amines is 1. The third kappa shape index (κ3) is 4.05. The minimum atomic E-state index is -0.641. The van der Waals surface area contributed by atoms with E-state index in [2.05, 4.69) is 10.5 Å². The van der Waals surface area contributed by atoms with Gasteiger partial charge in [0.15, 0.2) is 0 Å². The molecular weight excluding hydrogens is 350 g/mol. The van der Waals surface area contributed by atoms with Gasteiger partial charge in [-0.15, -0.1) is 0 Å². The molecule has 27 heavy (non-hydrogen) atoms. The van der Waals surface area contributed by atoms with E-state index in [1.807, 2.05) is 24.3 Å². The second-order valence-electron chi connectivity index (χ2n) is 6.82. The van der Waals surface area contributed by atoms with Crippen LogP contribution in [-0.2, 0) is 22.4 Å². The van der Waals surface area contributed by atoms with Gasteiger partial charge in [0, 0.05) is 39.0 Å². The Kier molecular flexibility index (Phi) is 5.34. The van der Waals surface area contributed by atoms with Gasteiger partial charge in [0.05, 0.1) is 12.5 Å². The van der Waals surface area contributed by atoms with Crippen LogP contribution < -0.4 is 15.6 Å². The highest BCUT2D eigenvalue weighted by Crippen LogP contribution is 2.35. The van der Waals surface area contributed by atoms with E-state index in [4.69, 9.17) is 9.26 Å². The summed E-state index contributed by atoms with van der Waals surface area (Å²) in [5.74, 6) is 1.04. The fourth-order valence-electron chi connectivity index (χ4n) is 3.47. The van der Waals surface area contributed by atoms with E-state index in [9.17, 15) is 14.4 Å². The van der Waals surface area contributed by atoms with Crippen LogP contribution in [-0.4, -0.2) is 49.1 Å². The van der Waals surface area contributed by atoms with E-state index in [1.165, 1.54) is 6.07 Å². The van der Waals surface area contributed by atoms with Gasteiger partial charge in [0.1, 0.15) is 11.5 Å². The Hall–Kier alpha value is -3.03. The minimum Gasteiger partial charge on any atom is -0.497 e. The lowest BCUT2D eigenvalue weighted by atomic mass is 9.73. The summed E-state index contributed by atoms with van der Waals surface area (Å²) in [6.45, 7) is 0.722. The van der Waals surface area contributed by atoms with Gasteiger partial charge in [-0.3, -0.25) is 14.4 Å². The van der Waals surface area contributed by atoms with E-state index < -0.39 is 5.41 Å². The van der Waals surface area contributed by atoms with Gasteiger partial charge in [-0.2, -0.15) is 5.16 Å². The van der Waals surface area contributed by atoms with Crippen molar-refractivity contribution in [2.24, 2.45) is 5.41 Å². The maximum absolute atomic E-state index is 12.5. The number of carbonyl (C=O) groups is 2. The summed E-state index contributed by atoms with van der Waals surface area (Å²) in [5, 5.41) is 4.92.